The van der Waals surface area contributed by atoms with Crippen molar-refractivity contribution in [1.29, 1.82) is 0 Å². The Labute approximate surface area is 82.3 Å². The average Bonchev–Trinajstić information content (AvgIpc) is 2.47. The Morgan fingerprint density at radius 3 is 2.43 bits per heavy atom. The minimum absolute atomic E-state index is 0.823. The molecular weight excluding hydrogens is 214 g/mol. The standard InChI is InChI=1S/C7H8NO.ClHO4/c1-2-4-8-5-6-9-7(8)3-1;2-1(3,4)5/h1-4H,5-6H2;(H,2,3,4,5)/q+1;/p-1. The Kier molecular flexibility index (Phi) is 3.62. The van der Waals surface area contributed by atoms with Crippen LogP contribution in [0, 0.1) is 10.2 Å². The molecule has 0 aliphatic carbocycles. The molecule has 14 heavy (non-hydrogen) atoms. The van der Waals surface area contributed by atoms with E-state index in [0.717, 1.165) is 19.0 Å². The molecular formula is C7H8ClNO5. The molecule has 0 radical (unpaired) electrons. The van der Waals surface area contributed by atoms with Crippen LogP contribution in [0.15, 0.2) is 24.4 Å². The van der Waals surface area contributed by atoms with E-state index in [1.807, 2.05) is 24.4 Å². The summed E-state index contributed by atoms with van der Waals surface area (Å²) in [6, 6.07) is 5.97. The van der Waals surface area contributed by atoms with E-state index >= 15 is 0 Å². The first-order valence-corrected chi connectivity index (χ1v) is 4.93. The third-order valence-corrected chi connectivity index (χ3v) is 1.48. The van der Waals surface area contributed by atoms with Gasteiger partial charge in [-0.25, -0.2) is 18.6 Å². The van der Waals surface area contributed by atoms with Crippen LogP contribution >= 0.6 is 0 Å². The molecule has 0 bridgehead atoms. The topological polar surface area (TPSA) is 105 Å². The van der Waals surface area contributed by atoms with Crippen molar-refractivity contribution in [1.82, 2.24) is 0 Å². The largest absolute Gasteiger partial charge is 0.438 e. The smallest absolute Gasteiger partial charge is 0.368 e. The van der Waals surface area contributed by atoms with E-state index in [1.165, 1.54) is 0 Å². The summed E-state index contributed by atoms with van der Waals surface area (Å²) in [7, 11) is -4.94. The van der Waals surface area contributed by atoms with Gasteiger partial charge in [0, 0.05) is 6.07 Å². The second-order valence-electron chi connectivity index (χ2n) is 2.46. The zero-order valence-electron chi connectivity index (χ0n) is 7.09. The second kappa shape index (κ2) is 4.54. The summed E-state index contributed by atoms with van der Waals surface area (Å²) in [5.74, 6) is 0.984. The molecule has 0 amide bonds. The quantitative estimate of drug-likeness (QED) is 0.412. The molecule has 0 aromatic carbocycles. The molecule has 7 heteroatoms. The van der Waals surface area contributed by atoms with Crippen LogP contribution in [0.2, 0.25) is 0 Å². The Hall–Kier alpha value is -0.920. The number of halogens is 1. The van der Waals surface area contributed by atoms with Gasteiger partial charge in [0.15, 0.2) is 19.3 Å². The Morgan fingerprint density at radius 1 is 1.21 bits per heavy atom. The van der Waals surface area contributed by atoms with Gasteiger partial charge in [0.05, 0.1) is 6.07 Å². The van der Waals surface area contributed by atoms with Crippen molar-refractivity contribution in [2.75, 3.05) is 6.61 Å². The first kappa shape index (κ1) is 11.2. The summed E-state index contributed by atoms with van der Waals surface area (Å²) >= 11 is 0. The summed E-state index contributed by atoms with van der Waals surface area (Å²) in [6.45, 7) is 1.82. The lowest BCUT2D eigenvalue weighted by Gasteiger charge is -2.17. The van der Waals surface area contributed by atoms with Crippen molar-refractivity contribution in [2.24, 2.45) is 0 Å². The molecule has 0 saturated carbocycles. The number of fused-ring (bicyclic) bond motifs is 1. The van der Waals surface area contributed by atoms with E-state index in [0.29, 0.717) is 0 Å². The normalized spacial score (nSPS) is 13.7. The highest BCUT2D eigenvalue weighted by Gasteiger charge is 2.16. The molecule has 1 aromatic heterocycles. The fourth-order valence-corrected chi connectivity index (χ4v) is 1.02. The highest BCUT2D eigenvalue weighted by molar-refractivity contribution is 5.03. The molecule has 6 nitrogen and oxygen atoms in total. The van der Waals surface area contributed by atoms with Crippen LogP contribution in [-0.2, 0) is 6.54 Å². The zero-order valence-corrected chi connectivity index (χ0v) is 7.85. The highest BCUT2D eigenvalue weighted by atomic mass is 35.7. The van der Waals surface area contributed by atoms with Crippen molar-refractivity contribution >= 4 is 0 Å². The van der Waals surface area contributed by atoms with Gasteiger partial charge in [-0.15, -0.1) is 10.2 Å². The summed E-state index contributed by atoms with van der Waals surface area (Å²) in [5, 5.41) is 0. The lowest BCUT2D eigenvalue weighted by molar-refractivity contribution is -2.00. The predicted molar refractivity (Wildman–Crippen MR) is 32.1 cm³/mol. The van der Waals surface area contributed by atoms with Gasteiger partial charge in [-0.2, -0.15) is 4.57 Å². The number of hydrogen-bond donors (Lipinski definition) is 0. The van der Waals surface area contributed by atoms with Crippen LogP contribution in [0.5, 0.6) is 5.88 Å². The first-order valence-electron chi connectivity index (χ1n) is 3.70. The third kappa shape index (κ3) is 4.35. The van der Waals surface area contributed by atoms with Crippen LogP contribution in [0.3, 0.4) is 0 Å². The predicted octanol–water partition coefficient (Wildman–Crippen LogP) is -4.39. The van der Waals surface area contributed by atoms with E-state index in [-0.39, 0.29) is 0 Å². The van der Waals surface area contributed by atoms with Crippen molar-refractivity contribution in [3.05, 3.63) is 24.4 Å². The van der Waals surface area contributed by atoms with Crippen LogP contribution in [0.4, 0.5) is 0 Å². The van der Waals surface area contributed by atoms with E-state index in [4.69, 9.17) is 23.4 Å². The minimum atomic E-state index is -4.94. The number of aromatic nitrogens is 1. The molecule has 0 spiro atoms. The molecule has 78 valence electrons. The summed E-state index contributed by atoms with van der Waals surface area (Å²) in [5.41, 5.74) is 0. The first-order chi connectivity index (χ1) is 6.47. The fourth-order valence-electron chi connectivity index (χ4n) is 1.02. The molecule has 0 atom stereocenters. The Balaban J connectivity index is 0.000000171. The molecule has 0 saturated heterocycles. The van der Waals surface area contributed by atoms with E-state index in [1.54, 1.807) is 0 Å². The van der Waals surface area contributed by atoms with Crippen molar-refractivity contribution in [3.63, 3.8) is 0 Å². The average molecular weight is 222 g/mol. The van der Waals surface area contributed by atoms with Crippen LogP contribution in [-0.4, -0.2) is 6.61 Å². The zero-order chi connectivity index (χ0) is 10.6. The summed E-state index contributed by atoms with van der Waals surface area (Å²) in [6.07, 6.45) is 2.03. The van der Waals surface area contributed by atoms with Gasteiger partial charge in [-0.05, 0) is 6.07 Å². The van der Waals surface area contributed by atoms with E-state index < -0.39 is 10.2 Å². The number of pyridine rings is 1. The minimum Gasteiger partial charge on any atom is -0.438 e. The highest BCUT2D eigenvalue weighted by Crippen LogP contribution is 2.05. The van der Waals surface area contributed by atoms with Crippen LogP contribution < -0.4 is 27.9 Å². The molecule has 0 fully saturated rings. The molecule has 1 aliphatic rings. The maximum atomic E-state index is 8.49. The van der Waals surface area contributed by atoms with E-state index in [2.05, 4.69) is 4.57 Å². The Bertz CT molecular complexity index is 271. The number of hydrogen-bond acceptors (Lipinski definition) is 5. The van der Waals surface area contributed by atoms with Crippen molar-refractivity contribution in [3.8, 4) is 5.88 Å². The monoisotopic (exact) mass is 221 g/mol. The Morgan fingerprint density at radius 2 is 1.86 bits per heavy atom. The lowest BCUT2D eigenvalue weighted by atomic mass is 10.5. The SMILES string of the molecule is [O-][Cl+3]([O-])([O-])[O-].c1cc[n+]2c(c1)OCC2. The number of ether oxygens (including phenoxy) is 1. The van der Waals surface area contributed by atoms with Gasteiger partial charge in [-0.1, -0.05) is 0 Å². The van der Waals surface area contributed by atoms with Crippen molar-refractivity contribution < 1.29 is 38.2 Å². The van der Waals surface area contributed by atoms with Gasteiger partial charge >= 0.3 is 5.88 Å². The van der Waals surface area contributed by atoms with Gasteiger partial charge in [0.2, 0.25) is 0 Å². The lowest BCUT2D eigenvalue weighted by Crippen LogP contribution is -2.68. The maximum Gasteiger partial charge on any atom is 0.368 e. The molecule has 0 N–H and O–H groups in total. The van der Waals surface area contributed by atoms with E-state index in [9.17, 15) is 0 Å². The van der Waals surface area contributed by atoms with Crippen LogP contribution in [0.1, 0.15) is 0 Å². The van der Waals surface area contributed by atoms with Gasteiger partial charge in [0.25, 0.3) is 0 Å². The molecule has 1 aliphatic heterocycles. The fraction of sp³-hybridized carbons (Fsp3) is 0.286. The number of nitrogens with zero attached hydrogens (tertiary/aromatic N) is 1. The summed E-state index contributed by atoms with van der Waals surface area (Å²) in [4.78, 5) is 0. The van der Waals surface area contributed by atoms with Crippen LogP contribution in [0.25, 0.3) is 0 Å². The maximum absolute atomic E-state index is 8.49. The second-order valence-corrected chi connectivity index (χ2v) is 3.21. The number of rotatable bonds is 0. The molecule has 1 aromatic rings. The van der Waals surface area contributed by atoms with Gasteiger partial charge < -0.3 is 4.74 Å². The van der Waals surface area contributed by atoms with Gasteiger partial charge in [-0.3, -0.25) is 0 Å². The van der Waals surface area contributed by atoms with Crippen molar-refractivity contribution in [2.45, 2.75) is 6.54 Å². The molecule has 0 unspecified atom stereocenters. The molecule has 2 heterocycles. The summed E-state index contributed by atoms with van der Waals surface area (Å²) < 4.78 is 41.3. The molecule has 2 rings (SSSR count). The third-order valence-electron chi connectivity index (χ3n) is 1.48. The van der Waals surface area contributed by atoms with Gasteiger partial charge in [0.1, 0.15) is 0 Å².